The minimum Gasteiger partial charge on any atom is -0.493 e. The lowest BCUT2D eigenvalue weighted by atomic mass is 10.2. The lowest BCUT2D eigenvalue weighted by Gasteiger charge is -2.10. The molecule has 0 radical (unpaired) electrons. The second-order valence-corrected chi connectivity index (χ2v) is 6.49. The van der Waals surface area contributed by atoms with Crippen molar-refractivity contribution in [3.05, 3.63) is 59.6 Å². The minimum atomic E-state index is -0.0634. The average molecular weight is 368 g/mol. The van der Waals surface area contributed by atoms with Crippen LogP contribution in [-0.4, -0.2) is 25.1 Å². The highest BCUT2D eigenvalue weighted by atomic mass is 32.1. The number of carbonyl (C=O) groups excluding carboxylic acids is 1. The van der Waals surface area contributed by atoms with Crippen molar-refractivity contribution >= 4 is 22.9 Å². The summed E-state index contributed by atoms with van der Waals surface area (Å²) in [6, 6.07) is 15.3. The van der Waals surface area contributed by atoms with Crippen LogP contribution >= 0.6 is 11.3 Å². The number of aromatic nitrogens is 1. The second-order valence-electron chi connectivity index (χ2n) is 5.63. The smallest absolute Gasteiger partial charge is 0.224 e. The lowest BCUT2D eigenvalue weighted by molar-refractivity contribution is -0.116. The zero-order valence-corrected chi connectivity index (χ0v) is 15.5. The molecule has 6 heteroatoms. The highest BCUT2D eigenvalue weighted by Gasteiger charge is 2.09. The molecule has 0 aliphatic rings. The molecule has 0 aliphatic heterocycles. The van der Waals surface area contributed by atoms with Crippen LogP contribution < -0.4 is 14.8 Å². The molecule has 5 nitrogen and oxygen atoms in total. The number of benzene rings is 2. The van der Waals surface area contributed by atoms with Gasteiger partial charge in [-0.3, -0.25) is 4.79 Å². The Balaban J connectivity index is 1.57. The van der Waals surface area contributed by atoms with Crippen LogP contribution in [0.5, 0.6) is 11.5 Å². The van der Waals surface area contributed by atoms with E-state index < -0.39 is 0 Å². The van der Waals surface area contributed by atoms with Crippen LogP contribution in [0.2, 0.25) is 0 Å². The van der Waals surface area contributed by atoms with Crippen molar-refractivity contribution in [1.29, 1.82) is 0 Å². The molecule has 0 spiro atoms. The van der Waals surface area contributed by atoms with E-state index in [1.165, 1.54) is 0 Å². The first-order valence-corrected chi connectivity index (χ1v) is 9.09. The highest BCUT2D eigenvalue weighted by molar-refractivity contribution is 7.13. The van der Waals surface area contributed by atoms with Gasteiger partial charge in [-0.1, -0.05) is 30.3 Å². The van der Waals surface area contributed by atoms with Crippen molar-refractivity contribution in [3.63, 3.8) is 0 Å². The van der Waals surface area contributed by atoms with Gasteiger partial charge in [-0.05, 0) is 18.6 Å². The Bertz CT molecular complexity index is 878. The van der Waals surface area contributed by atoms with E-state index in [-0.39, 0.29) is 5.91 Å². The molecule has 3 aromatic rings. The molecule has 2 aromatic carbocycles. The maximum atomic E-state index is 12.2. The SMILES string of the molecule is COc1ccc(NC(=O)CCc2csc(-c3ccccc3)n2)cc1OC. The summed E-state index contributed by atoms with van der Waals surface area (Å²) >= 11 is 1.59. The van der Waals surface area contributed by atoms with Gasteiger partial charge in [0, 0.05) is 29.1 Å². The third-order valence-corrected chi connectivity index (χ3v) is 4.79. The van der Waals surface area contributed by atoms with Gasteiger partial charge >= 0.3 is 0 Å². The van der Waals surface area contributed by atoms with E-state index in [2.05, 4.69) is 10.3 Å². The molecule has 0 bridgehead atoms. The molecule has 0 aliphatic carbocycles. The number of carbonyl (C=O) groups is 1. The first kappa shape index (κ1) is 17.9. The normalized spacial score (nSPS) is 10.4. The van der Waals surface area contributed by atoms with Crippen molar-refractivity contribution in [2.24, 2.45) is 0 Å². The Morgan fingerprint density at radius 2 is 1.85 bits per heavy atom. The summed E-state index contributed by atoms with van der Waals surface area (Å²) < 4.78 is 10.4. The maximum Gasteiger partial charge on any atom is 0.224 e. The van der Waals surface area contributed by atoms with Crippen molar-refractivity contribution < 1.29 is 14.3 Å². The van der Waals surface area contributed by atoms with Gasteiger partial charge in [0.15, 0.2) is 11.5 Å². The van der Waals surface area contributed by atoms with Crippen LogP contribution in [0.15, 0.2) is 53.9 Å². The fourth-order valence-corrected chi connectivity index (χ4v) is 3.37. The Hall–Kier alpha value is -2.86. The summed E-state index contributed by atoms with van der Waals surface area (Å²) in [5, 5.41) is 5.86. The third kappa shape index (κ3) is 4.40. The maximum absolute atomic E-state index is 12.2. The Labute approximate surface area is 156 Å². The van der Waals surface area contributed by atoms with Crippen LogP contribution in [0.3, 0.4) is 0 Å². The largest absolute Gasteiger partial charge is 0.493 e. The fourth-order valence-electron chi connectivity index (χ4n) is 2.51. The number of ether oxygens (including phenoxy) is 2. The fraction of sp³-hybridized carbons (Fsp3) is 0.200. The number of rotatable bonds is 7. The summed E-state index contributed by atoms with van der Waals surface area (Å²) in [6.45, 7) is 0. The minimum absolute atomic E-state index is 0.0634. The molecule has 0 atom stereocenters. The van der Waals surface area contributed by atoms with Crippen LogP contribution in [0.25, 0.3) is 10.6 Å². The van der Waals surface area contributed by atoms with Gasteiger partial charge in [0.2, 0.25) is 5.91 Å². The predicted molar refractivity (Wildman–Crippen MR) is 104 cm³/mol. The van der Waals surface area contributed by atoms with E-state index in [1.807, 2.05) is 35.7 Å². The lowest BCUT2D eigenvalue weighted by Crippen LogP contribution is -2.12. The molecule has 0 unspecified atom stereocenters. The number of amides is 1. The monoisotopic (exact) mass is 368 g/mol. The van der Waals surface area contributed by atoms with Gasteiger partial charge in [-0.25, -0.2) is 4.98 Å². The summed E-state index contributed by atoms with van der Waals surface area (Å²) in [7, 11) is 3.14. The zero-order valence-electron chi connectivity index (χ0n) is 14.7. The first-order chi connectivity index (χ1) is 12.7. The van der Waals surface area contributed by atoms with Gasteiger partial charge in [0.05, 0.1) is 19.9 Å². The van der Waals surface area contributed by atoms with E-state index in [1.54, 1.807) is 43.8 Å². The van der Waals surface area contributed by atoms with Crippen molar-refractivity contribution in [3.8, 4) is 22.1 Å². The molecular weight excluding hydrogens is 348 g/mol. The summed E-state index contributed by atoms with van der Waals surface area (Å²) in [5.74, 6) is 1.14. The molecule has 1 amide bonds. The number of methoxy groups -OCH3 is 2. The number of hydrogen-bond donors (Lipinski definition) is 1. The van der Waals surface area contributed by atoms with Crippen molar-refractivity contribution in [2.75, 3.05) is 19.5 Å². The van der Waals surface area contributed by atoms with Gasteiger partial charge in [-0.15, -0.1) is 11.3 Å². The zero-order chi connectivity index (χ0) is 18.4. The summed E-state index contributed by atoms with van der Waals surface area (Å²) in [5.41, 5.74) is 2.70. The Morgan fingerprint density at radius 3 is 2.58 bits per heavy atom. The molecule has 26 heavy (non-hydrogen) atoms. The Morgan fingerprint density at radius 1 is 1.08 bits per heavy atom. The topological polar surface area (TPSA) is 60.5 Å². The van der Waals surface area contributed by atoms with Gasteiger partial charge in [0.25, 0.3) is 0 Å². The van der Waals surface area contributed by atoms with Crippen LogP contribution in [0.1, 0.15) is 12.1 Å². The highest BCUT2D eigenvalue weighted by Crippen LogP contribution is 2.30. The number of hydrogen-bond acceptors (Lipinski definition) is 5. The first-order valence-electron chi connectivity index (χ1n) is 8.21. The standard InChI is InChI=1S/C20H20N2O3S/c1-24-17-10-8-15(12-18(17)25-2)21-19(23)11-9-16-13-26-20(22-16)14-6-4-3-5-7-14/h3-8,10,12-13H,9,11H2,1-2H3,(H,21,23). The molecule has 1 heterocycles. The second kappa shape index (κ2) is 8.49. The van der Waals surface area contributed by atoms with Gasteiger partial charge in [-0.2, -0.15) is 0 Å². The number of thiazole rings is 1. The Kier molecular flexibility index (Phi) is 5.86. The van der Waals surface area contributed by atoms with Gasteiger partial charge < -0.3 is 14.8 Å². The van der Waals surface area contributed by atoms with E-state index >= 15 is 0 Å². The van der Waals surface area contributed by atoms with E-state index in [9.17, 15) is 4.79 Å². The van der Waals surface area contributed by atoms with E-state index in [4.69, 9.17) is 9.47 Å². The summed E-state index contributed by atoms with van der Waals surface area (Å²) in [6.07, 6.45) is 0.967. The molecule has 0 saturated heterocycles. The van der Waals surface area contributed by atoms with Crippen LogP contribution in [-0.2, 0) is 11.2 Å². The summed E-state index contributed by atoms with van der Waals surface area (Å²) in [4.78, 5) is 16.8. The molecular formula is C20H20N2O3S. The van der Waals surface area contributed by atoms with Gasteiger partial charge in [0.1, 0.15) is 5.01 Å². The number of aryl methyl sites for hydroxylation is 1. The molecule has 0 saturated carbocycles. The average Bonchev–Trinajstić information content (AvgIpc) is 3.16. The van der Waals surface area contributed by atoms with Crippen LogP contribution in [0, 0.1) is 0 Å². The van der Waals surface area contributed by atoms with E-state index in [0.717, 1.165) is 16.3 Å². The molecule has 1 N–H and O–H groups in total. The number of nitrogens with one attached hydrogen (secondary N) is 1. The van der Waals surface area contributed by atoms with E-state index in [0.29, 0.717) is 30.0 Å². The number of nitrogens with zero attached hydrogens (tertiary/aromatic N) is 1. The third-order valence-electron chi connectivity index (χ3n) is 3.85. The number of anilines is 1. The van der Waals surface area contributed by atoms with Crippen molar-refractivity contribution in [2.45, 2.75) is 12.8 Å². The molecule has 1 aromatic heterocycles. The van der Waals surface area contributed by atoms with Crippen LogP contribution in [0.4, 0.5) is 5.69 Å². The molecule has 0 fully saturated rings. The molecule has 134 valence electrons. The predicted octanol–water partition coefficient (Wildman–Crippen LogP) is 4.40. The molecule has 3 rings (SSSR count). The van der Waals surface area contributed by atoms with Crippen molar-refractivity contribution in [1.82, 2.24) is 4.98 Å². The quantitative estimate of drug-likeness (QED) is 0.671.